The van der Waals surface area contributed by atoms with E-state index in [0.717, 1.165) is 0 Å². The second kappa shape index (κ2) is 6.57. The van der Waals surface area contributed by atoms with Gasteiger partial charge in [-0.25, -0.2) is 0 Å². The molecular weight excluding hydrogens is 189 g/mol. The first-order valence-corrected chi connectivity index (χ1v) is 4.25. The molecule has 0 atom stereocenters. The summed E-state index contributed by atoms with van der Waals surface area (Å²) in [4.78, 5) is 0. The lowest BCUT2D eigenvalue weighted by molar-refractivity contribution is 0.484. The van der Waals surface area contributed by atoms with Crippen LogP contribution in [-0.2, 0) is 10.1 Å². The third-order valence-electron chi connectivity index (χ3n) is 0.365. The number of nitrogens with one attached hydrogen (secondary N) is 1. The lowest BCUT2D eigenvalue weighted by Crippen LogP contribution is -1.97. The molecule has 0 aliphatic carbocycles. The van der Waals surface area contributed by atoms with Gasteiger partial charge >= 0.3 is 0 Å². The van der Waals surface area contributed by atoms with Gasteiger partial charge in [0.2, 0.25) is 0 Å². The van der Waals surface area contributed by atoms with Crippen molar-refractivity contribution in [1.29, 1.82) is 0 Å². The van der Waals surface area contributed by atoms with Gasteiger partial charge in [0.15, 0.2) is 0 Å². The van der Waals surface area contributed by atoms with Crippen molar-refractivity contribution in [2.75, 3.05) is 5.75 Å². The number of hydrogen-bond donors (Lipinski definition) is 2. The van der Waals surface area contributed by atoms with Crippen LogP contribution in [0.5, 0.6) is 0 Å². The van der Waals surface area contributed by atoms with Crippen LogP contribution in [0.3, 0.4) is 0 Å². The van der Waals surface area contributed by atoms with Crippen molar-refractivity contribution in [3.63, 3.8) is 0 Å². The molecule has 2 N–H and O–H groups in total. The summed E-state index contributed by atoms with van der Waals surface area (Å²) in [5.41, 5.74) is 0. The fourth-order valence-electron chi connectivity index (χ4n) is 0. The van der Waals surface area contributed by atoms with Gasteiger partial charge in [0, 0.05) is 0 Å². The Morgan fingerprint density at radius 1 is 1.56 bits per heavy atom. The van der Waals surface area contributed by atoms with Crippen LogP contribution in [0, 0.1) is 0 Å². The van der Waals surface area contributed by atoms with Gasteiger partial charge in [0.1, 0.15) is 0 Å². The molecule has 0 aromatic rings. The standard InChI is InChI=1S/C2H6O3S.Cl2HN/c1-2-6(3,4)5;1-3-2/h2H2,1H3,(H,3,4,5);3H. The van der Waals surface area contributed by atoms with Crippen molar-refractivity contribution in [2.24, 2.45) is 0 Å². The van der Waals surface area contributed by atoms with Gasteiger partial charge in [-0.15, -0.1) is 4.35 Å². The molecular formula is C2H7Cl2NO3S. The third-order valence-corrected chi connectivity index (χ3v) is 1.09. The summed E-state index contributed by atoms with van der Waals surface area (Å²) >= 11 is 9.03. The summed E-state index contributed by atoms with van der Waals surface area (Å²) < 4.78 is 28.6. The first-order valence-electron chi connectivity index (χ1n) is 1.89. The van der Waals surface area contributed by atoms with Crippen LogP contribution in [0.15, 0.2) is 0 Å². The zero-order valence-corrected chi connectivity index (χ0v) is 6.96. The Kier molecular flexibility index (Phi) is 8.87. The lowest BCUT2D eigenvalue weighted by atomic mass is 11.0. The molecule has 0 rings (SSSR count). The van der Waals surface area contributed by atoms with E-state index < -0.39 is 10.1 Å². The normalized spacial score (nSPS) is 9.78. The largest absolute Gasteiger partial charge is 0.286 e. The maximum absolute atomic E-state index is 9.56. The summed E-state index contributed by atoms with van der Waals surface area (Å²) in [5, 5.41) is 0. The molecule has 0 amide bonds. The first kappa shape index (κ1) is 12.2. The van der Waals surface area contributed by atoms with Gasteiger partial charge in [0.05, 0.1) is 5.75 Å². The summed E-state index contributed by atoms with van der Waals surface area (Å²) in [7, 11) is -3.66. The van der Waals surface area contributed by atoms with E-state index in [2.05, 4.69) is 23.6 Å². The van der Waals surface area contributed by atoms with Gasteiger partial charge in [-0.3, -0.25) is 4.55 Å². The highest BCUT2D eigenvalue weighted by molar-refractivity contribution is 7.85. The number of rotatable bonds is 1. The minimum absolute atomic E-state index is 0.201. The van der Waals surface area contributed by atoms with E-state index in [1.54, 1.807) is 4.35 Å². The number of hydrogen-bond acceptors (Lipinski definition) is 3. The van der Waals surface area contributed by atoms with Crippen LogP contribution < -0.4 is 4.35 Å². The van der Waals surface area contributed by atoms with Crippen LogP contribution >= 0.6 is 23.6 Å². The second-order valence-corrected chi connectivity index (χ2v) is 3.25. The predicted octanol–water partition coefficient (Wildman–Crippen LogP) is 0.778. The van der Waals surface area contributed by atoms with E-state index in [1.165, 1.54) is 6.92 Å². The predicted molar refractivity (Wildman–Crippen MR) is 36.9 cm³/mol. The van der Waals surface area contributed by atoms with Crippen LogP contribution in [0.1, 0.15) is 6.92 Å². The van der Waals surface area contributed by atoms with E-state index in [9.17, 15) is 8.42 Å². The molecule has 58 valence electrons. The summed E-state index contributed by atoms with van der Waals surface area (Å²) in [6.45, 7) is 1.37. The molecule has 0 saturated heterocycles. The minimum Gasteiger partial charge on any atom is -0.286 e. The molecule has 7 heteroatoms. The quantitative estimate of drug-likeness (QED) is 0.480. The molecule has 0 aliphatic rings. The van der Waals surface area contributed by atoms with Crippen LogP contribution in [0.2, 0.25) is 0 Å². The van der Waals surface area contributed by atoms with Crippen molar-refractivity contribution >= 4 is 33.7 Å². The highest BCUT2D eigenvalue weighted by Gasteiger charge is 1.93. The molecule has 0 unspecified atom stereocenters. The Labute approximate surface area is 64.1 Å². The SMILES string of the molecule is CCS(=O)(=O)O.ClNCl. The van der Waals surface area contributed by atoms with Gasteiger partial charge in [-0.1, -0.05) is 0 Å². The molecule has 0 aromatic carbocycles. The molecule has 9 heavy (non-hydrogen) atoms. The molecule has 0 radical (unpaired) electrons. The van der Waals surface area contributed by atoms with Gasteiger partial charge < -0.3 is 0 Å². The topological polar surface area (TPSA) is 66.4 Å². The Hall–Kier alpha value is 0.450. The van der Waals surface area contributed by atoms with E-state index in [4.69, 9.17) is 4.55 Å². The minimum atomic E-state index is -3.66. The van der Waals surface area contributed by atoms with Crippen LogP contribution in [0.25, 0.3) is 0 Å². The van der Waals surface area contributed by atoms with Crippen LogP contribution in [-0.4, -0.2) is 18.7 Å². The van der Waals surface area contributed by atoms with E-state index in [1.807, 2.05) is 0 Å². The molecule has 0 saturated carbocycles. The van der Waals surface area contributed by atoms with Gasteiger partial charge in [-0.2, -0.15) is 8.42 Å². The average molecular weight is 196 g/mol. The Balaban J connectivity index is 0. The molecule has 0 spiro atoms. The lowest BCUT2D eigenvalue weighted by Gasteiger charge is -1.79. The third kappa shape index (κ3) is 29.5. The van der Waals surface area contributed by atoms with Crippen LogP contribution in [0.4, 0.5) is 0 Å². The zero-order chi connectivity index (χ0) is 7.91. The zero-order valence-electron chi connectivity index (χ0n) is 4.63. The van der Waals surface area contributed by atoms with Crippen molar-refractivity contribution in [2.45, 2.75) is 6.92 Å². The fraction of sp³-hybridized carbons (Fsp3) is 1.00. The summed E-state index contributed by atoms with van der Waals surface area (Å²) in [6.07, 6.45) is 0. The Bertz CT molecular complexity index is 133. The van der Waals surface area contributed by atoms with E-state index >= 15 is 0 Å². The second-order valence-electron chi connectivity index (χ2n) is 0.942. The highest BCUT2D eigenvalue weighted by Crippen LogP contribution is 1.74. The maximum Gasteiger partial charge on any atom is 0.264 e. The molecule has 0 aliphatic heterocycles. The molecule has 0 aromatic heterocycles. The Morgan fingerprint density at radius 3 is 1.67 bits per heavy atom. The summed E-state index contributed by atoms with van der Waals surface area (Å²) in [5.74, 6) is -0.201. The van der Waals surface area contributed by atoms with E-state index in [-0.39, 0.29) is 5.75 Å². The summed E-state index contributed by atoms with van der Waals surface area (Å²) in [6, 6.07) is 0. The smallest absolute Gasteiger partial charge is 0.264 e. The van der Waals surface area contributed by atoms with Crippen molar-refractivity contribution < 1.29 is 13.0 Å². The molecule has 0 heterocycles. The van der Waals surface area contributed by atoms with Gasteiger partial charge in [0.25, 0.3) is 10.1 Å². The highest BCUT2D eigenvalue weighted by atomic mass is 35.5. The number of halogens is 2. The molecule has 0 fully saturated rings. The average Bonchev–Trinajstić information content (AvgIpc) is 1.67. The van der Waals surface area contributed by atoms with Crippen molar-refractivity contribution in [3.8, 4) is 0 Å². The van der Waals surface area contributed by atoms with Crippen molar-refractivity contribution in [3.05, 3.63) is 0 Å². The Morgan fingerprint density at radius 2 is 1.67 bits per heavy atom. The fourth-order valence-corrected chi connectivity index (χ4v) is 0. The first-order chi connectivity index (χ1) is 3.97. The van der Waals surface area contributed by atoms with Gasteiger partial charge in [-0.05, 0) is 30.5 Å². The molecule has 0 bridgehead atoms. The van der Waals surface area contributed by atoms with E-state index in [0.29, 0.717) is 0 Å². The monoisotopic (exact) mass is 195 g/mol. The maximum atomic E-state index is 9.56. The van der Waals surface area contributed by atoms with Crippen molar-refractivity contribution in [1.82, 2.24) is 4.35 Å². The molecule has 4 nitrogen and oxygen atoms in total.